The molecule has 1 aliphatic rings. The molecule has 1 fully saturated rings. The molecule has 0 aromatic heterocycles. The Morgan fingerprint density at radius 3 is 2.53 bits per heavy atom. The smallest absolute Gasteiger partial charge is 0.318 e. The van der Waals surface area contributed by atoms with Crippen LogP contribution in [0.5, 0.6) is 0 Å². The number of esters is 1. The number of ether oxygens (including phenoxy) is 1. The fraction of sp³-hybridized carbons (Fsp3) is 0.308. The minimum atomic E-state index is -0.857. The van der Waals surface area contributed by atoms with E-state index in [1.54, 1.807) is 24.3 Å². The van der Waals surface area contributed by atoms with Gasteiger partial charge in [-0.25, -0.2) is 0 Å². The molecule has 100 valence electrons. The third-order valence-corrected chi connectivity index (χ3v) is 3.53. The van der Waals surface area contributed by atoms with Crippen molar-refractivity contribution in [2.24, 2.45) is 5.92 Å². The lowest BCUT2D eigenvalue weighted by Gasteiger charge is -2.15. The number of carbonyl (C=O) groups is 3. The van der Waals surface area contributed by atoms with Crippen molar-refractivity contribution in [3.8, 4) is 0 Å². The second-order valence-corrected chi connectivity index (χ2v) is 5.15. The van der Waals surface area contributed by atoms with Crippen LogP contribution in [0.2, 0.25) is 0 Å². The first-order chi connectivity index (χ1) is 9.02. The zero-order valence-electron chi connectivity index (χ0n) is 10.3. The molecular formula is C13H12BrNO4. The van der Waals surface area contributed by atoms with Crippen LogP contribution in [0, 0.1) is 5.92 Å². The second kappa shape index (κ2) is 5.52. The highest BCUT2D eigenvalue weighted by molar-refractivity contribution is 9.10. The second-order valence-electron chi connectivity index (χ2n) is 4.23. The van der Waals surface area contributed by atoms with Gasteiger partial charge < -0.3 is 9.64 Å². The van der Waals surface area contributed by atoms with Crippen molar-refractivity contribution in [3.05, 3.63) is 34.3 Å². The topological polar surface area (TPSA) is 63.7 Å². The summed E-state index contributed by atoms with van der Waals surface area (Å²) in [6, 6.07) is 6.84. The number of hydrogen-bond acceptors (Lipinski definition) is 4. The summed E-state index contributed by atoms with van der Waals surface area (Å²) in [6.07, 6.45) is 0. The Morgan fingerprint density at radius 1 is 1.32 bits per heavy atom. The van der Waals surface area contributed by atoms with Crippen molar-refractivity contribution < 1.29 is 19.1 Å². The lowest BCUT2D eigenvalue weighted by molar-refractivity contribution is -0.147. The Bertz CT molecular complexity index is 526. The molecule has 0 radical (unpaired) electrons. The molecule has 1 aromatic rings. The number of nitrogens with zero attached hydrogens (tertiary/aromatic N) is 1. The van der Waals surface area contributed by atoms with Gasteiger partial charge in [-0.05, 0) is 24.3 Å². The molecular weight excluding hydrogens is 314 g/mol. The first-order valence-electron chi connectivity index (χ1n) is 5.68. The molecule has 1 atom stereocenters. The van der Waals surface area contributed by atoms with Gasteiger partial charge in [0.2, 0.25) is 0 Å². The van der Waals surface area contributed by atoms with E-state index >= 15 is 0 Å². The number of likely N-dealkylation sites (tertiary alicyclic amines) is 1. The highest BCUT2D eigenvalue weighted by atomic mass is 79.9. The summed E-state index contributed by atoms with van der Waals surface area (Å²) in [6.45, 7) is 0.0368. The van der Waals surface area contributed by atoms with E-state index in [9.17, 15) is 14.4 Å². The number of ketones is 1. The van der Waals surface area contributed by atoms with Gasteiger partial charge >= 0.3 is 5.97 Å². The molecule has 2 rings (SSSR count). The minimum Gasteiger partial charge on any atom is -0.468 e. The number of methoxy groups -OCH3 is 1. The third kappa shape index (κ3) is 2.84. The molecule has 0 saturated carbocycles. The molecule has 1 amide bonds. The van der Waals surface area contributed by atoms with E-state index in [1.807, 2.05) is 0 Å². The Morgan fingerprint density at radius 2 is 1.95 bits per heavy atom. The van der Waals surface area contributed by atoms with Gasteiger partial charge in [0.1, 0.15) is 5.92 Å². The highest BCUT2D eigenvalue weighted by Crippen LogP contribution is 2.18. The van der Waals surface area contributed by atoms with E-state index in [0.29, 0.717) is 5.56 Å². The number of halogens is 1. The van der Waals surface area contributed by atoms with Crippen LogP contribution in [0.4, 0.5) is 0 Å². The van der Waals surface area contributed by atoms with Crippen molar-refractivity contribution in [2.45, 2.75) is 0 Å². The summed E-state index contributed by atoms with van der Waals surface area (Å²) in [5.41, 5.74) is 0.488. The fourth-order valence-corrected chi connectivity index (χ4v) is 2.23. The quantitative estimate of drug-likeness (QED) is 0.606. The average Bonchev–Trinajstić information content (AvgIpc) is 2.80. The van der Waals surface area contributed by atoms with Crippen LogP contribution in [0.15, 0.2) is 28.7 Å². The van der Waals surface area contributed by atoms with Crippen LogP contribution in [-0.4, -0.2) is 42.8 Å². The molecule has 0 bridgehead atoms. The van der Waals surface area contributed by atoms with Crippen LogP contribution < -0.4 is 0 Å². The predicted molar refractivity (Wildman–Crippen MR) is 70.6 cm³/mol. The standard InChI is InChI=1S/C13H12BrNO4/c1-19-13(18)10-6-15(7-11(10)16)12(17)8-2-4-9(14)5-3-8/h2-5,10H,6-7H2,1H3. The highest BCUT2D eigenvalue weighted by Gasteiger charge is 2.39. The number of hydrogen-bond donors (Lipinski definition) is 0. The van der Waals surface area contributed by atoms with Crippen molar-refractivity contribution in [1.82, 2.24) is 4.90 Å². The maximum atomic E-state index is 12.2. The van der Waals surface area contributed by atoms with Gasteiger partial charge in [-0.1, -0.05) is 15.9 Å². The summed E-state index contributed by atoms with van der Waals surface area (Å²) in [5, 5.41) is 0. The first-order valence-corrected chi connectivity index (χ1v) is 6.47. The SMILES string of the molecule is COC(=O)C1CN(C(=O)c2ccc(Br)cc2)CC1=O. The minimum absolute atomic E-state index is 0.0470. The number of rotatable bonds is 2. The fourth-order valence-electron chi connectivity index (χ4n) is 1.96. The molecule has 5 nitrogen and oxygen atoms in total. The zero-order valence-corrected chi connectivity index (χ0v) is 11.8. The van der Waals surface area contributed by atoms with Crippen molar-refractivity contribution >= 4 is 33.6 Å². The van der Waals surface area contributed by atoms with Gasteiger partial charge in [0, 0.05) is 16.6 Å². The average molecular weight is 326 g/mol. The summed E-state index contributed by atoms with van der Waals surface area (Å²) in [5.74, 6) is -1.98. The molecule has 1 saturated heterocycles. The lowest BCUT2D eigenvalue weighted by atomic mass is 10.1. The van der Waals surface area contributed by atoms with Gasteiger partial charge in [0.15, 0.2) is 5.78 Å². The van der Waals surface area contributed by atoms with E-state index in [1.165, 1.54) is 12.0 Å². The van der Waals surface area contributed by atoms with Crippen LogP contribution in [0.3, 0.4) is 0 Å². The van der Waals surface area contributed by atoms with Crippen molar-refractivity contribution in [1.29, 1.82) is 0 Å². The largest absolute Gasteiger partial charge is 0.468 e. The molecule has 0 spiro atoms. The molecule has 1 heterocycles. The molecule has 0 N–H and O–H groups in total. The molecule has 0 aliphatic carbocycles. The Labute approximate surface area is 118 Å². The van der Waals surface area contributed by atoms with Crippen molar-refractivity contribution in [2.75, 3.05) is 20.2 Å². The van der Waals surface area contributed by atoms with Crippen LogP contribution >= 0.6 is 15.9 Å². The monoisotopic (exact) mass is 325 g/mol. The third-order valence-electron chi connectivity index (χ3n) is 3.00. The summed E-state index contributed by atoms with van der Waals surface area (Å²) >= 11 is 3.29. The molecule has 1 aliphatic heterocycles. The number of Topliss-reactive ketones (excluding diaryl/α,β-unsaturated/α-hetero) is 1. The molecule has 19 heavy (non-hydrogen) atoms. The van der Waals surface area contributed by atoms with E-state index in [2.05, 4.69) is 20.7 Å². The van der Waals surface area contributed by atoms with Gasteiger partial charge in [-0.15, -0.1) is 0 Å². The van der Waals surface area contributed by atoms with E-state index in [-0.39, 0.29) is 24.8 Å². The molecule has 6 heteroatoms. The Balaban J connectivity index is 2.12. The zero-order chi connectivity index (χ0) is 14.0. The number of carbonyl (C=O) groups excluding carboxylic acids is 3. The van der Waals surface area contributed by atoms with Gasteiger partial charge in [0.25, 0.3) is 5.91 Å². The van der Waals surface area contributed by atoms with Crippen LogP contribution in [-0.2, 0) is 14.3 Å². The Kier molecular flexibility index (Phi) is 3.99. The van der Waals surface area contributed by atoms with E-state index < -0.39 is 11.9 Å². The maximum absolute atomic E-state index is 12.2. The normalized spacial score (nSPS) is 18.5. The lowest BCUT2D eigenvalue weighted by Crippen LogP contribution is -2.30. The Hall–Kier alpha value is -1.69. The predicted octanol–water partition coefficient (Wildman–Crippen LogP) is 1.26. The maximum Gasteiger partial charge on any atom is 0.318 e. The summed E-state index contributed by atoms with van der Waals surface area (Å²) in [4.78, 5) is 36.6. The summed E-state index contributed by atoms with van der Waals surface area (Å²) in [7, 11) is 1.23. The number of benzene rings is 1. The number of amides is 1. The van der Waals surface area contributed by atoms with E-state index in [4.69, 9.17) is 0 Å². The van der Waals surface area contributed by atoms with E-state index in [0.717, 1.165) is 4.47 Å². The first kappa shape index (κ1) is 13.7. The van der Waals surface area contributed by atoms with Crippen LogP contribution in [0.25, 0.3) is 0 Å². The van der Waals surface area contributed by atoms with Gasteiger partial charge in [-0.2, -0.15) is 0 Å². The summed E-state index contributed by atoms with van der Waals surface area (Å²) < 4.78 is 5.42. The molecule has 1 aromatic carbocycles. The van der Waals surface area contributed by atoms with Crippen molar-refractivity contribution in [3.63, 3.8) is 0 Å². The molecule has 1 unspecified atom stereocenters. The van der Waals surface area contributed by atoms with Crippen LogP contribution in [0.1, 0.15) is 10.4 Å². The van der Waals surface area contributed by atoms with Gasteiger partial charge in [0.05, 0.1) is 13.7 Å². The van der Waals surface area contributed by atoms with Gasteiger partial charge in [-0.3, -0.25) is 14.4 Å².